The second kappa shape index (κ2) is 18.8. The number of piperidine rings is 1. The summed E-state index contributed by atoms with van der Waals surface area (Å²) in [5, 5.41) is 8.62. The van der Waals surface area contributed by atoms with Crippen LogP contribution in [0.1, 0.15) is 64.1 Å². The summed E-state index contributed by atoms with van der Waals surface area (Å²) in [5.74, 6) is 0.602. The van der Waals surface area contributed by atoms with Crippen molar-refractivity contribution in [3.8, 4) is 5.75 Å². The first kappa shape index (κ1) is 43.2. The molecular formula is C44H40ClF6N7O2S. The number of nitrogens with zero attached hydrogens (tertiary/aromatic N) is 5. The number of aromatic nitrogens is 4. The van der Waals surface area contributed by atoms with E-state index >= 15 is 0 Å². The van der Waals surface area contributed by atoms with Crippen molar-refractivity contribution in [1.29, 1.82) is 0 Å². The van der Waals surface area contributed by atoms with Crippen LogP contribution in [0.3, 0.4) is 0 Å². The van der Waals surface area contributed by atoms with Gasteiger partial charge in [0.25, 0.3) is 5.91 Å². The van der Waals surface area contributed by atoms with Crippen molar-refractivity contribution in [2.45, 2.75) is 57.6 Å². The van der Waals surface area contributed by atoms with E-state index in [1.165, 1.54) is 41.9 Å². The number of thiophene rings is 1. The number of rotatable bonds is 11. The number of hydrogen-bond donors (Lipinski definition) is 2. The fourth-order valence-electron chi connectivity index (χ4n) is 7.20. The summed E-state index contributed by atoms with van der Waals surface area (Å²) >= 11 is 7.67. The van der Waals surface area contributed by atoms with Gasteiger partial charge in [0.05, 0.1) is 26.5 Å². The number of carbonyl (C=O) groups is 1. The fourth-order valence-corrected chi connectivity index (χ4v) is 8.17. The average Bonchev–Trinajstić information content (AvgIpc) is 3.88. The number of ether oxygens (including phenoxy) is 1. The zero-order valence-electron chi connectivity index (χ0n) is 32.7. The molecule has 0 bridgehead atoms. The van der Waals surface area contributed by atoms with Gasteiger partial charge in [0.2, 0.25) is 0 Å². The highest BCUT2D eigenvalue weighted by molar-refractivity contribution is 7.17. The second-order valence-electron chi connectivity index (χ2n) is 14.3. The molecule has 8 rings (SSSR count). The molecule has 17 heteroatoms. The molecule has 5 heterocycles. The maximum Gasteiger partial charge on any atom is 0.573 e. The van der Waals surface area contributed by atoms with Gasteiger partial charge in [0.1, 0.15) is 29.2 Å². The number of fused-ring (bicyclic) bond motifs is 2. The van der Waals surface area contributed by atoms with Crippen LogP contribution in [0, 0.1) is 0 Å². The number of imidazole rings is 1. The molecule has 0 spiro atoms. The summed E-state index contributed by atoms with van der Waals surface area (Å²) in [6, 6.07) is 25.1. The zero-order chi connectivity index (χ0) is 43.1. The number of amides is 1. The Bertz CT molecular complexity index is 2570. The molecule has 7 aromatic rings. The van der Waals surface area contributed by atoms with Gasteiger partial charge in [-0.15, -0.1) is 24.5 Å². The summed E-state index contributed by atoms with van der Waals surface area (Å²) in [7, 11) is 0. The summed E-state index contributed by atoms with van der Waals surface area (Å²) in [4.78, 5) is 28.2. The molecule has 2 N–H and O–H groups in total. The maximum atomic E-state index is 13.0. The number of alkyl halides is 6. The number of anilines is 2. The van der Waals surface area contributed by atoms with E-state index in [0.29, 0.717) is 53.7 Å². The molecule has 0 saturated carbocycles. The number of pyridine rings is 1. The topological polar surface area (TPSA) is 96.7 Å². The monoisotopic (exact) mass is 879 g/mol. The SMILES string of the molecule is CCc1nc2ccc(Cl)cn2c1C(=O)NCc1ccc(N2CCC(c3ccc(OC(F)(F)F)cc3)CC2)cc1.FC(F)(F)c1cccc(CCNc2ncnc3ccsc23)c1. The molecule has 0 unspecified atom stereocenters. The van der Waals surface area contributed by atoms with Crippen LogP contribution in [0.15, 0.2) is 109 Å². The maximum absolute atomic E-state index is 13.0. The number of halogens is 7. The van der Waals surface area contributed by atoms with Crippen LogP contribution in [0.4, 0.5) is 37.8 Å². The molecule has 1 amide bonds. The molecular weight excluding hydrogens is 840 g/mol. The van der Waals surface area contributed by atoms with Crippen LogP contribution < -0.4 is 20.3 Å². The first-order valence-electron chi connectivity index (χ1n) is 19.5. The quantitative estimate of drug-likeness (QED) is 0.125. The fraction of sp³-hybridized carbons (Fsp3) is 0.273. The van der Waals surface area contributed by atoms with Crippen molar-refractivity contribution in [2.75, 3.05) is 29.9 Å². The van der Waals surface area contributed by atoms with Crippen molar-refractivity contribution in [3.05, 3.63) is 148 Å². The average molecular weight is 880 g/mol. The number of carbonyl (C=O) groups excluding carboxylic acids is 1. The smallest absolute Gasteiger partial charge is 0.406 e. The summed E-state index contributed by atoms with van der Waals surface area (Å²) in [5.41, 5.74) is 5.89. The van der Waals surface area contributed by atoms with E-state index < -0.39 is 18.1 Å². The number of aryl methyl sites for hydroxylation is 1. The first-order chi connectivity index (χ1) is 29.2. The third-order valence-corrected chi connectivity index (χ3v) is 11.4. The molecule has 9 nitrogen and oxygen atoms in total. The van der Waals surface area contributed by atoms with Gasteiger partial charge < -0.3 is 20.3 Å². The standard InChI is InChI=1S/C29H28ClF3N4O2.C15H12F3N3S/c1-2-25-27(37-18-22(30)7-12-26(37)35-25)28(38)34-17-19-3-8-23(9-4-19)36-15-13-21(14-16-36)20-5-10-24(11-6-20)39-29(31,32)33;16-15(17,18)11-3-1-2-10(8-11)4-6-19-14-13-12(5-7-22-13)20-9-21-14/h3-12,18,21H,2,13-17H2,1H3,(H,34,38);1-3,5,7-9H,4,6H2,(H,19,20,21). The number of benzene rings is 3. The lowest BCUT2D eigenvalue weighted by Gasteiger charge is -2.34. The predicted octanol–water partition coefficient (Wildman–Crippen LogP) is 11.1. The van der Waals surface area contributed by atoms with Crippen molar-refractivity contribution in [3.63, 3.8) is 0 Å². The molecule has 61 heavy (non-hydrogen) atoms. The van der Waals surface area contributed by atoms with Gasteiger partial charge in [0, 0.05) is 38.1 Å². The van der Waals surface area contributed by atoms with Gasteiger partial charge in [0.15, 0.2) is 0 Å². The van der Waals surface area contributed by atoms with E-state index in [4.69, 9.17) is 11.6 Å². The Morgan fingerprint density at radius 1 is 0.918 bits per heavy atom. The van der Waals surface area contributed by atoms with E-state index in [1.54, 1.807) is 40.9 Å². The highest BCUT2D eigenvalue weighted by Gasteiger charge is 2.32. The minimum atomic E-state index is -4.68. The van der Waals surface area contributed by atoms with E-state index in [9.17, 15) is 31.1 Å². The van der Waals surface area contributed by atoms with Crippen molar-refractivity contribution < 1.29 is 35.9 Å². The molecule has 1 saturated heterocycles. The van der Waals surface area contributed by atoms with E-state index in [0.717, 1.165) is 64.7 Å². The largest absolute Gasteiger partial charge is 0.573 e. The van der Waals surface area contributed by atoms with E-state index in [2.05, 4.69) is 47.4 Å². The predicted molar refractivity (Wildman–Crippen MR) is 226 cm³/mol. The molecule has 1 aliphatic rings. The lowest BCUT2D eigenvalue weighted by Crippen LogP contribution is -2.32. The minimum absolute atomic E-state index is 0.200. The lowest BCUT2D eigenvalue weighted by molar-refractivity contribution is -0.274. The summed E-state index contributed by atoms with van der Waals surface area (Å²) < 4.78 is 81.8. The van der Waals surface area contributed by atoms with Crippen LogP contribution in [0.2, 0.25) is 5.02 Å². The molecule has 3 aromatic carbocycles. The molecule has 0 atom stereocenters. The Labute approximate surface area is 356 Å². The van der Waals surface area contributed by atoms with Crippen LogP contribution in [0.25, 0.3) is 15.9 Å². The highest BCUT2D eigenvalue weighted by atomic mass is 35.5. The van der Waals surface area contributed by atoms with E-state index in [-0.39, 0.29) is 17.6 Å². The van der Waals surface area contributed by atoms with Crippen LogP contribution in [-0.4, -0.2) is 51.3 Å². The minimum Gasteiger partial charge on any atom is -0.406 e. The number of nitrogens with one attached hydrogen (secondary N) is 2. The Kier molecular flexibility index (Phi) is 13.3. The van der Waals surface area contributed by atoms with Crippen molar-refractivity contribution in [1.82, 2.24) is 24.7 Å². The van der Waals surface area contributed by atoms with Crippen LogP contribution in [0.5, 0.6) is 5.75 Å². The van der Waals surface area contributed by atoms with Gasteiger partial charge in [-0.2, -0.15) is 13.2 Å². The molecule has 1 fully saturated rings. The third-order valence-electron chi connectivity index (χ3n) is 10.2. The van der Waals surface area contributed by atoms with Crippen LogP contribution >= 0.6 is 22.9 Å². The molecule has 318 valence electrons. The second-order valence-corrected chi connectivity index (χ2v) is 15.6. The molecule has 0 radical (unpaired) electrons. The molecule has 0 aliphatic carbocycles. The lowest BCUT2D eigenvalue weighted by atomic mass is 9.89. The first-order valence-corrected chi connectivity index (χ1v) is 20.7. The molecule has 1 aliphatic heterocycles. The Balaban J connectivity index is 0.000000215. The highest BCUT2D eigenvalue weighted by Crippen LogP contribution is 2.33. The van der Waals surface area contributed by atoms with Crippen molar-refractivity contribution in [2.24, 2.45) is 0 Å². The van der Waals surface area contributed by atoms with Crippen molar-refractivity contribution >= 4 is 56.2 Å². The third kappa shape index (κ3) is 11.1. The number of hydrogen-bond acceptors (Lipinski definition) is 8. The van der Waals surface area contributed by atoms with Gasteiger partial charge in [-0.3, -0.25) is 9.20 Å². The molecule has 4 aromatic heterocycles. The Morgan fingerprint density at radius 3 is 2.38 bits per heavy atom. The van der Waals surface area contributed by atoms with Gasteiger partial charge in [-0.05, 0) is 102 Å². The van der Waals surface area contributed by atoms with Crippen LogP contribution in [-0.2, 0) is 25.6 Å². The summed E-state index contributed by atoms with van der Waals surface area (Å²) in [6.45, 7) is 4.54. The van der Waals surface area contributed by atoms with E-state index in [1.807, 2.05) is 30.5 Å². The van der Waals surface area contributed by atoms with Gasteiger partial charge in [-0.25, -0.2) is 15.0 Å². The van der Waals surface area contributed by atoms with Gasteiger partial charge >= 0.3 is 12.5 Å². The Hall–Kier alpha value is -5.87. The van der Waals surface area contributed by atoms with Gasteiger partial charge in [-0.1, -0.05) is 61.0 Å². The summed E-state index contributed by atoms with van der Waals surface area (Å²) in [6.07, 6.45) is -2.89. The Morgan fingerprint density at radius 2 is 1.67 bits per heavy atom. The normalized spacial score (nSPS) is 13.5. The zero-order valence-corrected chi connectivity index (χ0v) is 34.3.